The average Bonchev–Trinajstić information content (AvgIpc) is 2.58. The van der Waals surface area contributed by atoms with E-state index in [9.17, 15) is 14.4 Å². The summed E-state index contributed by atoms with van der Waals surface area (Å²) >= 11 is 0. The standard InChI is InChI=1S/C17H23N3O4/c1-18-13-17(24-12-16(18)23)6-10-20(11-7-17)15(22)5-9-19-8-3-2-4-14(19)21/h2-4,8H,5-7,9-13H2,1H3. The molecule has 3 rings (SSSR count). The normalized spacial score (nSPS) is 20.5. The number of morpholine rings is 1. The fourth-order valence-corrected chi connectivity index (χ4v) is 3.38. The molecule has 0 aliphatic carbocycles. The molecule has 2 aliphatic rings. The van der Waals surface area contributed by atoms with E-state index in [0.29, 0.717) is 32.6 Å². The lowest BCUT2D eigenvalue weighted by molar-refractivity contribution is -0.170. The first-order valence-corrected chi connectivity index (χ1v) is 8.30. The molecule has 0 radical (unpaired) electrons. The number of likely N-dealkylation sites (N-methyl/N-ethyl adjacent to an activating group) is 1. The monoisotopic (exact) mass is 333 g/mol. The summed E-state index contributed by atoms with van der Waals surface area (Å²) in [6.07, 6.45) is 3.49. The molecule has 0 unspecified atom stereocenters. The SMILES string of the molecule is CN1CC2(CCN(C(=O)CCn3ccccc3=O)CC2)OCC1=O. The fourth-order valence-electron chi connectivity index (χ4n) is 3.38. The summed E-state index contributed by atoms with van der Waals surface area (Å²) < 4.78 is 7.34. The van der Waals surface area contributed by atoms with Gasteiger partial charge in [0.15, 0.2) is 0 Å². The van der Waals surface area contributed by atoms with Gasteiger partial charge in [-0.15, -0.1) is 0 Å². The van der Waals surface area contributed by atoms with Crippen LogP contribution in [0.4, 0.5) is 0 Å². The van der Waals surface area contributed by atoms with Crippen molar-refractivity contribution in [1.29, 1.82) is 0 Å². The van der Waals surface area contributed by atoms with E-state index in [1.807, 2.05) is 4.90 Å². The maximum atomic E-state index is 12.4. The first kappa shape index (κ1) is 16.7. The summed E-state index contributed by atoms with van der Waals surface area (Å²) in [5.74, 6) is 0.0632. The molecule has 7 heteroatoms. The van der Waals surface area contributed by atoms with Crippen molar-refractivity contribution in [2.75, 3.05) is 33.3 Å². The van der Waals surface area contributed by atoms with E-state index in [0.717, 1.165) is 12.8 Å². The van der Waals surface area contributed by atoms with E-state index < -0.39 is 0 Å². The number of hydrogen-bond acceptors (Lipinski definition) is 4. The van der Waals surface area contributed by atoms with Crippen LogP contribution in [0.2, 0.25) is 0 Å². The zero-order valence-electron chi connectivity index (χ0n) is 13.9. The van der Waals surface area contributed by atoms with Gasteiger partial charge in [0, 0.05) is 51.9 Å². The van der Waals surface area contributed by atoms with Crippen molar-refractivity contribution in [3.63, 3.8) is 0 Å². The van der Waals surface area contributed by atoms with Crippen molar-refractivity contribution in [1.82, 2.24) is 14.4 Å². The Labute approximate surface area is 140 Å². The minimum atomic E-state index is -0.310. The molecule has 2 aliphatic heterocycles. The highest BCUT2D eigenvalue weighted by molar-refractivity contribution is 5.78. The molecule has 0 saturated carbocycles. The quantitative estimate of drug-likeness (QED) is 0.786. The molecular formula is C17H23N3O4. The number of hydrogen-bond donors (Lipinski definition) is 0. The number of rotatable bonds is 3. The number of aryl methyl sites for hydroxylation is 1. The second kappa shape index (κ2) is 6.76. The molecule has 2 fully saturated rings. The average molecular weight is 333 g/mol. The van der Waals surface area contributed by atoms with Crippen LogP contribution in [0, 0.1) is 0 Å². The van der Waals surface area contributed by atoms with E-state index in [1.165, 1.54) is 6.07 Å². The summed E-state index contributed by atoms with van der Waals surface area (Å²) in [6.45, 7) is 2.37. The fraction of sp³-hybridized carbons (Fsp3) is 0.588. The minimum absolute atomic E-state index is 0.00688. The van der Waals surface area contributed by atoms with Gasteiger partial charge in [-0.1, -0.05) is 6.07 Å². The highest BCUT2D eigenvalue weighted by Gasteiger charge is 2.41. The van der Waals surface area contributed by atoms with E-state index in [4.69, 9.17) is 4.74 Å². The number of carbonyl (C=O) groups is 2. The third kappa shape index (κ3) is 3.51. The van der Waals surface area contributed by atoms with Crippen molar-refractivity contribution in [3.8, 4) is 0 Å². The lowest BCUT2D eigenvalue weighted by Gasteiger charge is -2.46. The van der Waals surface area contributed by atoms with Crippen LogP contribution in [0.1, 0.15) is 19.3 Å². The summed E-state index contributed by atoms with van der Waals surface area (Å²) in [7, 11) is 1.79. The van der Waals surface area contributed by atoms with E-state index in [1.54, 1.807) is 34.8 Å². The molecule has 2 saturated heterocycles. The molecule has 1 spiro atoms. The molecule has 24 heavy (non-hydrogen) atoms. The Morgan fingerprint density at radius 3 is 2.67 bits per heavy atom. The third-order valence-electron chi connectivity index (χ3n) is 4.95. The van der Waals surface area contributed by atoms with Crippen LogP contribution in [-0.2, 0) is 20.9 Å². The van der Waals surface area contributed by atoms with Crippen molar-refractivity contribution in [2.24, 2.45) is 0 Å². The first-order chi connectivity index (χ1) is 11.5. The van der Waals surface area contributed by atoms with E-state index >= 15 is 0 Å². The van der Waals surface area contributed by atoms with Crippen LogP contribution in [0.3, 0.4) is 0 Å². The molecule has 0 bridgehead atoms. The summed E-state index contributed by atoms with van der Waals surface area (Å²) in [5, 5.41) is 0. The predicted octanol–water partition coefficient (Wildman–Crippen LogP) is 0.0882. The highest BCUT2D eigenvalue weighted by Crippen LogP contribution is 2.30. The van der Waals surface area contributed by atoms with Crippen LogP contribution in [0.15, 0.2) is 29.2 Å². The van der Waals surface area contributed by atoms with Crippen LogP contribution >= 0.6 is 0 Å². The Bertz CT molecular complexity index is 676. The Kier molecular flexibility index (Phi) is 4.71. The van der Waals surface area contributed by atoms with Crippen molar-refractivity contribution < 1.29 is 14.3 Å². The van der Waals surface area contributed by atoms with E-state index in [-0.39, 0.29) is 29.6 Å². The smallest absolute Gasteiger partial charge is 0.250 e. The lowest BCUT2D eigenvalue weighted by atomic mass is 9.89. The number of amides is 2. The number of aromatic nitrogens is 1. The molecule has 0 N–H and O–H groups in total. The molecule has 0 aromatic carbocycles. The number of likely N-dealkylation sites (tertiary alicyclic amines) is 1. The zero-order valence-corrected chi connectivity index (χ0v) is 13.9. The van der Waals surface area contributed by atoms with E-state index in [2.05, 4.69) is 0 Å². The predicted molar refractivity (Wildman–Crippen MR) is 87.5 cm³/mol. The van der Waals surface area contributed by atoms with Crippen molar-refractivity contribution >= 4 is 11.8 Å². The summed E-state index contributed by atoms with van der Waals surface area (Å²) in [4.78, 5) is 39.1. The molecular weight excluding hydrogens is 310 g/mol. The van der Waals surface area contributed by atoms with Gasteiger partial charge in [0.1, 0.15) is 6.61 Å². The largest absolute Gasteiger partial charge is 0.363 e. The van der Waals surface area contributed by atoms with Crippen molar-refractivity contribution in [2.45, 2.75) is 31.4 Å². The van der Waals surface area contributed by atoms with Gasteiger partial charge in [-0.2, -0.15) is 0 Å². The Morgan fingerprint density at radius 1 is 1.25 bits per heavy atom. The van der Waals surface area contributed by atoms with Crippen molar-refractivity contribution in [3.05, 3.63) is 34.7 Å². The van der Waals surface area contributed by atoms with Crippen LogP contribution in [0.5, 0.6) is 0 Å². The number of ether oxygens (including phenoxy) is 1. The Morgan fingerprint density at radius 2 is 2.00 bits per heavy atom. The molecule has 130 valence electrons. The Balaban J connectivity index is 1.51. The molecule has 1 aromatic rings. The molecule has 1 aromatic heterocycles. The second-order valence-electron chi connectivity index (χ2n) is 6.58. The topological polar surface area (TPSA) is 71.8 Å². The zero-order chi connectivity index (χ0) is 17.2. The second-order valence-corrected chi connectivity index (χ2v) is 6.58. The van der Waals surface area contributed by atoms with Gasteiger partial charge in [0.2, 0.25) is 11.8 Å². The number of piperidine rings is 1. The van der Waals surface area contributed by atoms with Gasteiger partial charge < -0.3 is 19.1 Å². The summed E-state index contributed by atoms with van der Waals surface area (Å²) in [6, 6.07) is 4.97. The first-order valence-electron chi connectivity index (χ1n) is 8.30. The van der Waals surface area contributed by atoms with Gasteiger partial charge in [-0.05, 0) is 18.9 Å². The van der Waals surface area contributed by atoms with Gasteiger partial charge >= 0.3 is 0 Å². The molecule has 2 amide bonds. The van der Waals surface area contributed by atoms with Gasteiger partial charge in [0.05, 0.1) is 5.60 Å². The van der Waals surface area contributed by atoms with Crippen LogP contribution in [-0.4, -0.2) is 65.1 Å². The van der Waals surface area contributed by atoms with Crippen LogP contribution in [0.25, 0.3) is 0 Å². The van der Waals surface area contributed by atoms with Gasteiger partial charge in [-0.3, -0.25) is 14.4 Å². The maximum absolute atomic E-state index is 12.4. The molecule has 0 atom stereocenters. The summed E-state index contributed by atoms with van der Waals surface area (Å²) in [5.41, 5.74) is -0.401. The van der Waals surface area contributed by atoms with Gasteiger partial charge in [0.25, 0.3) is 5.56 Å². The highest BCUT2D eigenvalue weighted by atomic mass is 16.5. The minimum Gasteiger partial charge on any atom is -0.363 e. The Hall–Kier alpha value is -2.15. The van der Waals surface area contributed by atoms with Crippen LogP contribution < -0.4 is 5.56 Å². The lowest BCUT2D eigenvalue weighted by Crippen LogP contribution is -2.58. The molecule has 3 heterocycles. The maximum Gasteiger partial charge on any atom is 0.250 e. The third-order valence-corrected chi connectivity index (χ3v) is 4.95. The van der Waals surface area contributed by atoms with Gasteiger partial charge in [-0.25, -0.2) is 0 Å². The molecule has 7 nitrogen and oxygen atoms in total. The number of nitrogens with zero attached hydrogens (tertiary/aromatic N) is 3. The number of pyridine rings is 1. The number of carbonyl (C=O) groups excluding carboxylic acids is 2.